The number of nitrogens with two attached hydrogens (primary N) is 1. The summed E-state index contributed by atoms with van der Waals surface area (Å²) >= 11 is 0. The molecule has 0 saturated heterocycles. The van der Waals surface area contributed by atoms with Crippen LogP contribution in [0.2, 0.25) is 0 Å². The van der Waals surface area contributed by atoms with Gasteiger partial charge in [0.05, 0.1) is 17.4 Å². The fourth-order valence-corrected chi connectivity index (χ4v) is 4.20. The number of aromatic nitrogens is 3. The Balaban J connectivity index is 1.36. The number of hydrogen-bond acceptors (Lipinski definition) is 7. The summed E-state index contributed by atoms with van der Waals surface area (Å²) in [6.07, 6.45) is 4.42. The first-order valence-electron chi connectivity index (χ1n) is 13.3. The number of amides is 2. The molecule has 0 aliphatic heterocycles. The lowest BCUT2D eigenvalue weighted by molar-refractivity contribution is -0.131. The molecule has 4 rings (SSSR count). The van der Waals surface area contributed by atoms with Gasteiger partial charge in [0, 0.05) is 37.0 Å². The van der Waals surface area contributed by atoms with Crippen molar-refractivity contribution in [2.75, 3.05) is 11.9 Å². The minimum atomic E-state index is -0.864. The molecule has 0 aliphatic carbocycles. The quantitative estimate of drug-likeness (QED) is 0.220. The third kappa shape index (κ3) is 7.54. The van der Waals surface area contributed by atoms with E-state index < -0.39 is 11.9 Å². The summed E-state index contributed by atoms with van der Waals surface area (Å²) in [6.45, 7) is 7.03. The van der Waals surface area contributed by atoms with Gasteiger partial charge in [0.2, 0.25) is 11.8 Å². The number of hydrogen-bond donors (Lipinski definition) is 4. The van der Waals surface area contributed by atoms with Gasteiger partial charge in [0.1, 0.15) is 11.6 Å². The third-order valence-electron chi connectivity index (χ3n) is 6.52. The first-order chi connectivity index (χ1) is 19.1. The van der Waals surface area contributed by atoms with E-state index in [0.717, 1.165) is 28.3 Å². The van der Waals surface area contributed by atoms with E-state index in [0.29, 0.717) is 13.0 Å². The molecule has 1 unspecified atom stereocenters. The van der Waals surface area contributed by atoms with Crippen LogP contribution >= 0.6 is 0 Å². The standard InChI is InChI=1S/C31H36N6O3/c1-31(2,3)23-10-12-24(13-11-23)37-28(19-27(36-37)22-6-4-16-33-20-22)34-17-5-7-29(39)35-30(40)26(32)18-21-8-14-25(38)15-9-21/h4,6,8-16,19-20,26,34,38H,5,7,17-18,32H2,1-3H3,(H,35,39,40). The number of phenols is 1. The van der Waals surface area contributed by atoms with Gasteiger partial charge in [-0.3, -0.25) is 19.9 Å². The molecule has 1 atom stereocenters. The van der Waals surface area contributed by atoms with Gasteiger partial charge in [-0.1, -0.05) is 45.0 Å². The van der Waals surface area contributed by atoms with Gasteiger partial charge in [-0.15, -0.1) is 0 Å². The molecule has 2 aromatic heterocycles. The van der Waals surface area contributed by atoms with Gasteiger partial charge in [-0.2, -0.15) is 5.10 Å². The lowest BCUT2D eigenvalue weighted by Crippen LogP contribution is -2.44. The number of imide groups is 1. The highest BCUT2D eigenvalue weighted by Crippen LogP contribution is 2.27. The lowest BCUT2D eigenvalue weighted by Gasteiger charge is -2.19. The minimum Gasteiger partial charge on any atom is -0.508 e. The number of anilines is 1. The van der Waals surface area contributed by atoms with Crippen molar-refractivity contribution in [1.82, 2.24) is 20.1 Å². The van der Waals surface area contributed by atoms with Crippen LogP contribution in [-0.4, -0.2) is 44.3 Å². The Hall–Kier alpha value is -4.50. The number of phenolic OH excluding ortho intramolecular Hbond substituents is 1. The van der Waals surface area contributed by atoms with E-state index in [9.17, 15) is 14.7 Å². The number of aromatic hydroxyl groups is 1. The molecule has 0 radical (unpaired) electrons. The number of nitrogens with zero attached hydrogens (tertiary/aromatic N) is 3. The zero-order valence-corrected chi connectivity index (χ0v) is 23.1. The number of nitrogens with one attached hydrogen (secondary N) is 2. The van der Waals surface area contributed by atoms with Crippen molar-refractivity contribution in [2.24, 2.45) is 5.73 Å². The molecule has 0 spiro atoms. The number of pyridine rings is 1. The monoisotopic (exact) mass is 540 g/mol. The lowest BCUT2D eigenvalue weighted by atomic mass is 9.87. The Bertz CT molecular complexity index is 1420. The van der Waals surface area contributed by atoms with E-state index in [-0.39, 0.29) is 29.9 Å². The van der Waals surface area contributed by atoms with Gasteiger partial charge in [0.15, 0.2) is 0 Å². The van der Waals surface area contributed by atoms with Crippen LogP contribution in [-0.2, 0) is 21.4 Å². The van der Waals surface area contributed by atoms with Gasteiger partial charge in [-0.25, -0.2) is 4.68 Å². The second-order valence-electron chi connectivity index (χ2n) is 10.8. The summed E-state index contributed by atoms with van der Waals surface area (Å²) in [7, 11) is 0. The minimum absolute atomic E-state index is 0.0436. The van der Waals surface area contributed by atoms with Crippen LogP contribution in [0.3, 0.4) is 0 Å². The van der Waals surface area contributed by atoms with Crippen LogP contribution < -0.4 is 16.4 Å². The average molecular weight is 541 g/mol. The molecule has 4 aromatic rings. The second kappa shape index (κ2) is 12.6. The van der Waals surface area contributed by atoms with Crippen molar-refractivity contribution in [3.8, 4) is 22.7 Å². The van der Waals surface area contributed by atoms with E-state index in [1.807, 2.05) is 35.0 Å². The number of carbonyl (C=O) groups is 2. The van der Waals surface area contributed by atoms with E-state index in [4.69, 9.17) is 10.8 Å². The van der Waals surface area contributed by atoms with Crippen molar-refractivity contribution < 1.29 is 14.7 Å². The fraction of sp³-hybridized carbons (Fsp3) is 0.290. The molecule has 5 N–H and O–H groups in total. The second-order valence-corrected chi connectivity index (χ2v) is 10.8. The summed E-state index contributed by atoms with van der Waals surface area (Å²) in [6, 6.07) is 19.7. The largest absolute Gasteiger partial charge is 0.508 e. The maximum atomic E-state index is 12.4. The molecule has 2 heterocycles. The van der Waals surface area contributed by atoms with Crippen molar-refractivity contribution in [1.29, 1.82) is 0 Å². The highest BCUT2D eigenvalue weighted by Gasteiger charge is 2.18. The maximum absolute atomic E-state index is 12.4. The molecule has 208 valence electrons. The molecule has 2 aromatic carbocycles. The van der Waals surface area contributed by atoms with E-state index in [1.54, 1.807) is 24.5 Å². The van der Waals surface area contributed by atoms with E-state index in [1.165, 1.54) is 17.7 Å². The van der Waals surface area contributed by atoms with Crippen LogP contribution in [0, 0.1) is 0 Å². The topological polar surface area (TPSA) is 135 Å². The predicted octanol–water partition coefficient (Wildman–Crippen LogP) is 4.34. The Kier molecular flexibility index (Phi) is 8.96. The summed E-state index contributed by atoms with van der Waals surface area (Å²) in [4.78, 5) is 29.0. The Morgan fingerprint density at radius 2 is 1.77 bits per heavy atom. The summed E-state index contributed by atoms with van der Waals surface area (Å²) < 4.78 is 1.85. The van der Waals surface area contributed by atoms with Crippen molar-refractivity contribution in [3.63, 3.8) is 0 Å². The van der Waals surface area contributed by atoms with Crippen molar-refractivity contribution in [2.45, 2.75) is 51.5 Å². The average Bonchev–Trinajstić information content (AvgIpc) is 3.36. The molecule has 40 heavy (non-hydrogen) atoms. The number of carbonyl (C=O) groups excluding carboxylic acids is 2. The highest BCUT2D eigenvalue weighted by atomic mass is 16.3. The smallest absolute Gasteiger partial charge is 0.243 e. The van der Waals surface area contributed by atoms with E-state index >= 15 is 0 Å². The Morgan fingerprint density at radius 3 is 2.42 bits per heavy atom. The van der Waals surface area contributed by atoms with Crippen LogP contribution in [0.1, 0.15) is 44.7 Å². The van der Waals surface area contributed by atoms with Crippen molar-refractivity contribution in [3.05, 3.63) is 90.3 Å². The molecular weight excluding hydrogens is 504 g/mol. The summed E-state index contributed by atoms with van der Waals surface area (Å²) in [5.41, 5.74) is 10.6. The zero-order chi connectivity index (χ0) is 28.7. The van der Waals surface area contributed by atoms with Crippen LogP contribution in [0.25, 0.3) is 16.9 Å². The van der Waals surface area contributed by atoms with Gasteiger partial charge in [0.25, 0.3) is 0 Å². The zero-order valence-electron chi connectivity index (χ0n) is 23.1. The molecule has 9 nitrogen and oxygen atoms in total. The third-order valence-corrected chi connectivity index (χ3v) is 6.52. The maximum Gasteiger partial charge on any atom is 0.243 e. The normalized spacial score (nSPS) is 12.1. The highest BCUT2D eigenvalue weighted by molar-refractivity contribution is 5.97. The fourth-order valence-electron chi connectivity index (χ4n) is 4.20. The Labute approximate surface area is 234 Å². The summed E-state index contributed by atoms with van der Waals surface area (Å²) in [5.74, 6) is 0.0225. The first-order valence-corrected chi connectivity index (χ1v) is 13.3. The first kappa shape index (κ1) is 28.5. The molecule has 0 saturated carbocycles. The van der Waals surface area contributed by atoms with Gasteiger partial charge in [-0.05, 0) is 65.8 Å². The van der Waals surface area contributed by atoms with E-state index in [2.05, 4.69) is 48.5 Å². The van der Waals surface area contributed by atoms with Crippen LogP contribution in [0.5, 0.6) is 5.75 Å². The summed E-state index contributed by atoms with van der Waals surface area (Å²) in [5, 5.41) is 20.0. The van der Waals surface area contributed by atoms with Gasteiger partial charge >= 0.3 is 0 Å². The molecule has 0 aliphatic rings. The SMILES string of the molecule is CC(C)(C)c1ccc(-n2nc(-c3cccnc3)cc2NCCCC(=O)NC(=O)C(N)Cc2ccc(O)cc2)cc1. The molecular formula is C31H36N6O3. The van der Waals surface area contributed by atoms with Crippen LogP contribution in [0.15, 0.2) is 79.1 Å². The Morgan fingerprint density at radius 1 is 1.05 bits per heavy atom. The van der Waals surface area contributed by atoms with Crippen LogP contribution in [0.4, 0.5) is 5.82 Å². The van der Waals surface area contributed by atoms with Crippen molar-refractivity contribution >= 4 is 17.6 Å². The molecule has 2 amide bonds. The predicted molar refractivity (Wildman–Crippen MR) is 156 cm³/mol. The molecule has 0 bridgehead atoms. The number of benzene rings is 2. The molecule has 0 fully saturated rings. The number of rotatable bonds is 10. The van der Waals surface area contributed by atoms with Gasteiger partial charge < -0.3 is 16.2 Å². The molecule has 9 heteroatoms.